The number of ether oxygens (including phenoxy) is 2. The summed E-state index contributed by atoms with van der Waals surface area (Å²) in [6, 6.07) is 7.74. The first-order valence-electron chi connectivity index (χ1n) is 9.35. The van der Waals surface area contributed by atoms with Crippen LogP contribution in [-0.4, -0.2) is 53.9 Å². The lowest BCUT2D eigenvalue weighted by Gasteiger charge is -2.40. The molecule has 3 unspecified atom stereocenters. The molecule has 0 spiro atoms. The van der Waals surface area contributed by atoms with Crippen molar-refractivity contribution in [2.45, 2.75) is 57.8 Å². The van der Waals surface area contributed by atoms with E-state index in [2.05, 4.69) is 0 Å². The van der Waals surface area contributed by atoms with E-state index in [0.717, 1.165) is 30.6 Å². The highest BCUT2D eigenvalue weighted by atomic mass is 16.5. The molecule has 1 aliphatic carbocycles. The van der Waals surface area contributed by atoms with Crippen LogP contribution in [0.1, 0.15) is 38.7 Å². The predicted molar refractivity (Wildman–Crippen MR) is 95.6 cm³/mol. The number of rotatable bonds is 5. The Morgan fingerprint density at radius 1 is 1.32 bits per heavy atom. The predicted octanol–water partition coefficient (Wildman–Crippen LogP) is 2.40. The van der Waals surface area contributed by atoms with Gasteiger partial charge in [0.05, 0.1) is 37.9 Å². The zero-order valence-electron chi connectivity index (χ0n) is 15.2. The molecule has 1 saturated heterocycles. The summed E-state index contributed by atoms with van der Waals surface area (Å²) in [4.78, 5) is 14.8. The second kappa shape index (κ2) is 8.19. The molecular weight excluding hydrogens is 318 g/mol. The van der Waals surface area contributed by atoms with Gasteiger partial charge in [-0.25, -0.2) is 0 Å². The topological polar surface area (TPSA) is 59.0 Å². The smallest absolute Gasteiger partial charge is 0.227 e. The quantitative estimate of drug-likeness (QED) is 0.889. The molecule has 1 N–H and O–H groups in total. The molecule has 1 aliphatic heterocycles. The van der Waals surface area contributed by atoms with Crippen LogP contribution in [0.5, 0.6) is 5.75 Å². The lowest BCUT2D eigenvalue weighted by atomic mass is 9.93. The van der Waals surface area contributed by atoms with Gasteiger partial charge in [0.15, 0.2) is 0 Å². The number of carbonyl (C=O) groups excluding carboxylic acids is 1. The Labute approximate surface area is 149 Å². The van der Waals surface area contributed by atoms with Crippen molar-refractivity contribution >= 4 is 5.91 Å². The maximum atomic E-state index is 12.9. The van der Waals surface area contributed by atoms with Crippen molar-refractivity contribution in [2.24, 2.45) is 5.92 Å². The normalized spacial score (nSPS) is 26.9. The van der Waals surface area contributed by atoms with Crippen molar-refractivity contribution in [3.05, 3.63) is 29.8 Å². The van der Waals surface area contributed by atoms with Crippen LogP contribution in [0.3, 0.4) is 0 Å². The van der Waals surface area contributed by atoms with Crippen LogP contribution in [0.25, 0.3) is 0 Å². The molecular formula is C20H29NO4. The van der Waals surface area contributed by atoms with Crippen LogP contribution in [0, 0.1) is 5.92 Å². The molecule has 1 amide bonds. The number of carbonyl (C=O) groups is 1. The van der Waals surface area contributed by atoms with Crippen molar-refractivity contribution in [2.75, 3.05) is 19.8 Å². The monoisotopic (exact) mass is 347 g/mol. The minimum Gasteiger partial charge on any atom is -0.491 e. The molecule has 1 saturated carbocycles. The van der Waals surface area contributed by atoms with Crippen molar-refractivity contribution < 1.29 is 19.4 Å². The maximum absolute atomic E-state index is 12.9. The van der Waals surface area contributed by atoms with Gasteiger partial charge in [-0.2, -0.15) is 0 Å². The van der Waals surface area contributed by atoms with Crippen LogP contribution >= 0.6 is 0 Å². The molecule has 1 heterocycles. The first kappa shape index (κ1) is 18.2. The van der Waals surface area contributed by atoms with Gasteiger partial charge in [-0.1, -0.05) is 18.6 Å². The van der Waals surface area contributed by atoms with Gasteiger partial charge in [-0.05, 0) is 44.4 Å². The van der Waals surface area contributed by atoms with Gasteiger partial charge in [0, 0.05) is 12.5 Å². The van der Waals surface area contributed by atoms with E-state index in [-0.39, 0.29) is 30.1 Å². The summed E-state index contributed by atoms with van der Waals surface area (Å²) in [6.07, 6.45) is 3.04. The van der Waals surface area contributed by atoms with Gasteiger partial charge in [0.2, 0.25) is 5.91 Å². The number of hydrogen-bond acceptors (Lipinski definition) is 4. The number of benzene rings is 1. The lowest BCUT2D eigenvalue weighted by Crippen LogP contribution is -2.54. The average Bonchev–Trinajstić information content (AvgIpc) is 3.02. The summed E-state index contributed by atoms with van der Waals surface area (Å²) in [5, 5.41) is 10.2. The lowest BCUT2D eigenvalue weighted by molar-refractivity contribution is -0.143. The zero-order valence-corrected chi connectivity index (χ0v) is 15.2. The largest absolute Gasteiger partial charge is 0.491 e. The molecule has 2 aliphatic rings. The van der Waals surface area contributed by atoms with Crippen molar-refractivity contribution in [1.82, 2.24) is 4.90 Å². The summed E-state index contributed by atoms with van der Waals surface area (Å²) < 4.78 is 11.3. The molecule has 3 atom stereocenters. The molecule has 1 aromatic carbocycles. The van der Waals surface area contributed by atoms with Crippen LogP contribution < -0.4 is 4.74 Å². The maximum Gasteiger partial charge on any atom is 0.227 e. The number of morpholine rings is 1. The Balaban J connectivity index is 1.64. The first-order valence-corrected chi connectivity index (χ1v) is 9.35. The summed E-state index contributed by atoms with van der Waals surface area (Å²) >= 11 is 0. The van der Waals surface area contributed by atoms with Crippen LogP contribution in [-0.2, 0) is 16.0 Å². The number of nitrogens with zero attached hydrogens (tertiary/aromatic N) is 1. The van der Waals surface area contributed by atoms with Crippen molar-refractivity contribution in [1.29, 1.82) is 0 Å². The molecule has 0 aromatic heterocycles. The fourth-order valence-corrected chi connectivity index (χ4v) is 3.94. The minimum atomic E-state index is -0.311. The molecule has 3 rings (SSSR count). The van der Waals surface area contributed by atoms with Crippen LogP contribution in [0.2, 0.25) is 0 Å². The Morgan fingerprint density at radius 3 is 2.72 bits per heavy atom. The second-order valence-electron chi connectivity index (χ2n) is 7.38. The Hall–Kier alpha value is -1.59. The van der Waals surface area contributed by atoms with E-state index in [9.17, 15) is 9.90 Å². The average molecular weight is 347 g/mol. The van der Waals surface area contributed by atoms with E-state index in [0.29, 0.717) is 26.2 Å². The zero-order chi connectivity index (χ0) is 17.8. The number of aliphatic hydroxyl groups excluding tert-OH is 1. The third-order valence-corrected chi connectivity index (χ3v) is 5.16. The van der Waals surface area contributed by atoms with Crippen molar-refractivity contribution in [3.8, 4) is 5.75 Å². The highest BCUT2D eigenvalue weighted by Crippen LogP contribution is 2.32. The highest BCUT2D eigenvalue weighted by Gasteiger charge is 2.39. The molecule has 25 heavy (non-hydrogen) atoms. The van der Waals surface area contributed by atoms with Gasteiger partial charge in [-0.3, -0.25) is 4.79 Å². The Bertz CT molecular complexity index is 572. The third kappa shape index (κ3) is 4.53. The van der Waals surface area contributed by atoms with Gasteiger partial charge < -0.3 is 19.5 Å². The number of amides is 1. The van der Waals surface area contributed by atoms with Crippen LogP contribution in [0.4, 0.5) is 0 Å². The molecule has 5 heteroatoms. The molecule has 5 nitrogen and oxygen atoms in total. The number of hydrogen-bond donors (Lipinski definition) is 1. The molecule has 0 radical (unpaired) electrons. The minimum absolute atomic E-state index is 0.00213. The first-order chi connectivity index (χ1) is 12.0. The SMILES string of the molecule is CC(C)Oc1ccc(CC(=O)N2CCOCC2C2CCCC2O)cc1. The Morgan fingerprint density at radius 2 is 2.08 bits per heavy atom. The van der Waals surface area contributed by atoms with E-state index in [1.165, 1.54) is 0 Å². The molecule has 1 aromatic rings. The fourth-order valence-electron chi connectivity index (χ4n) is 3.94. The summed E-state index contributed by atoms with van der Waals surface area (Å²) in [5.41, 5.74) is 0.985. The third-order valence-electron chi connectivity index (χ3n) is 5.16. The van der Waals surface area contributed by atoms with Gasteiger partial charge in [0.1, 0.15) is 5.75 Å². The van der Waals surface area contributed by atoms with E-state index < -0.39 is 0 Å². The summed E-state index contributed by atoms with van der Waals surface area (Å²) in [7, 11) is 0. The summed E-state index contributed by atoms with van der Waals surface area (Å²) in [6.45, 7) is 5.71. The van der Waals surface area contributed by atoms with Gasteiger partial charge >= 0.3 is 0 Å². The van der Waals surface area contributed by atoms with E-state index in [4.69, 9.17) is 9.47 Å². The van der Waals surface area contributed by atoms with Crippen LogP contribution in [0.15, 0.2) is 24.3 Å². The van der Waals surface area contributed by atoms with Crippen molar-refractivity contribution in [3.63, 3.8) is 0 Å². The van der Waals surface area contributed by atoms with E-state index >= 15 is 0 Å². The van der Waals surface area contributed by atoms with Gasteiger partial charge in [0.25, 0.3) is 0 Å². The highest BCUT2D eigenvalue weighted by molar-refractivity contribution is 5.79. The van der Waals surface area contributed by atoms with Gasteiger partial charge in [-0.15, -0.1) is 0 Å². The standard InChI is InChI=1S/C20H29NO4/c1-14(2)25-16-8-6-15(7-9-16)12-20(23)21-10-11-24-13-18(21)17-4-3-5-19(17)22/h6-9,14,17-19,22H,3-5,10-13H2,1-2H3. The molecule has 138 valence electrons. The number of aliphatic hydroxyl groups is 1. The molecule has 2 fully saturated rings. The second-order valence-corrected chi connectivity index (χ2v) is 7.38. The Kier molecular flexibility index (Phi) is 5.97. The summed E-state index contributed by atoms with van der Waals surface area (Å²) in [5.74, 6) is 1.08. The van der Waals surface area contributed by atoms with E-state index in [1.54, 1.807) is 0 Å². The molecule has 0 bridgehead atoms. The fraction of sp³-hybridized carbons (Fsp3) is 0.650. The van der Waals surface area contributed by atoms with E-state index in [1.807, 2.05) is 43.0 Å².